The predicted octanol–water partition coefficient (Wildman–Crippen LogP) is 2.38. The zero-order valence-electron chi connectivity index (χ0n) is 9.66. The molecular weight excluding hydrogens is 206 g/mol. The van der Waals surface area contributed by atoms with Crippen LogP contribution in [0.3, 0.4) is 0 Å². The molecule has 4 heteroatoms. The second-order valence-corrected chi connectivity index (χ2v) is 4.80. The minimum absolute atomic E-state index is 0.486. The van der Waals surface area contributed by atoms with E-state index in [2.05, 4.69) is 23.8 Å². The smallest absolute Gasteiger partial charge is 0.188 e. The van der Waals surface area contributed by atoms with E-state index in [1.165, 1.54) is 6.42 Å². The van der Waals surface area contributed by atoms with Crippen LogP contribution in [-0.2, 0) is 6.54 Å². The molecule has 0 amide bonds. The van der Waals surface area contributed by atoms with Crippen LogP contribution in [0, 0.1) is 12.8 Å². The highest BCUT2D eigenvalue weighted by Crippen LogP contribution is 2.18. The van der Waals surface area contributed by atoms with Gasteiger partial charge in [-0.15, -0.1) is 0 Å². The number of nitrogens with zero attached hydrogens (tertiary/aromatic N) is 2. The normalized spacial score (nSPS) is 12.8. The van der Waals surface area contributed by atoms with Gasteiger partial charge in [0.1, 0.15) is 0 Å². The van der Waals surface area contributed by atoms with Crippen LogP contribution in [0.4, 0.5) is 0 Å². The molecule has 1 aromatic heterocycles. The highest BCUT2D eigenvalue weighted by atomic mass is 32.2. The van der Waals surface area contributed by atoms with Gasteiger partial charge < -0.3 is 5.73 Å². The quantitative estimate of drug-likeness (QED) is 0.617. The van der Waals surface area contributed by atoms with Crippen molar-refractivity contribution in [2.75, 3.05) is 5.75 Å². The van der Waals surface area contributed by atoms with Crippen LogP contribution in [0.25, 0.3) is 0 Å². The molecule has 0 aliphatic rings. The molecule has 0 saturated carbocycles. The van der Waals surface area contributed by atoms with Gasteiger partial charge in [0.25, 0.3) is 0 Å². The first-order valence-electron chi connectivity index (χ1n) is 5.33. The second-order valence-electron chi connectivity index (χ2n) is 3.81. The molecule has 0 aliphatic carbocycles. The van der Waals surface area contributed by atoms with E-state index < -0.39 is 0 Å². The number of rotatable bonds is 5. The van der Waals surface area contributed by atoms with Gasteiger partial charge in [0.05, 0.1) is 5.69 Å². The van der Waals surface area contributed by atoms with Crippen LogP contribution in [-0.4, -0.2) is 15.7 Å². The molecular formula is C11H19N3S. The largest absolute Gasteiger partial charge is 0.325 e. The number of hydrogen-bond acceptors (Lipinski definition) is 4. The standard InChI is InChI=1S/C11H19N3S/c1-4-8(2)7-15-11-13-9(3)5-10(6-12)14-11/h5,8H,4,6-7,12H2,1-3H3. The summed E-state index contributed by atoms with van der Waals surface area (Å²) in [6, 6.07) is 1.94. The van der Waals surface area contributed by atoms with Gasteiger partial charge in [-0.25, -0.2) is 9.97 Å². The minimum atomic E-state index is 0.486. The Morgan fingerprint density at radius 2 is 2.20 bits per heavy atom. The fraction of sp³-hybridized carbons (Fsp3) is 0.636. The lowest BCUT2D eigenvalue weighted by atomic mass is 10.2. The Morgan fingerprint density at radius 3 is 2.80 bits per heavy atom. The summed E-state index contributed by atoms with van der Waals surface area (Å²) in [6.45, 7) is 6.91. The van der Waals surface area contributed by atoms with E-state index in [1.54, 1.807) is 11.8 Å². The van der Waals surface area contributed by atoms with Gasteiger partial charge in [-0.3, -0.25) is 0 Å². The van der Waals surface area contributed by atoms with Crippen molar-refractivity contribution < 1.29 is 0 Å². The highest BCUT2D eigenvalue weighted by molar-refractivity contribution is 7.99. The van der Waals surface area contributed by atoms with Gasteiger partial charge in [0.15, 0.2) is 5.16 Å². The molecule has 2 N–H and O–H groups in total. The third-order valence-electron chi connectivity index (χ3n) is 2.29. The predicted molar refractivity (Wildman–Crippen MR) is 64.8 cm³/mol. The van der Waals surface area contributed by atoms with E-state index >= 15 is 0 Å². The molecule has 15 heavy (non-hydrogen) atoms. The summed E-state index contributed by atoms with van der Waals surface area (Å²) in [5, 5.41) is 0.857. The van der Waals surface area contributed by atoms with Crippen LogP contribution < -0.4 is 5.73 Å². The fourth-order valence-electron chi connectivity index (χ4n) is 1.11. The van der Waals surface area contributed by atoms with Gasteiger partial charge in [0.2, 0.25) is 0 Å². The third-order valence-corrected chi connectivity index (χ3v) is 3.47. The van der Waals surface area contributed by atoms with E-state index in [1.807, 2.05) is 13.0 Å². The number of thioether (sulfide) groups is 1. The van der Waals surface area contributed by atoms with Crippen molar-refractivity contribution >= 4 is 11.8 Å². The molecule has 1 atom stereocenters. The summed E-state index contributed by atoms with van der Waals surface area (Å²) in [4.78, 5) is 8.77. The first kappa shape index (κ1) is 12.5. The lowest BCUT2D eigenvalue weighted by molar-refractivity contribution is 0.635. The molecule has 1 heterocycles. The number of aromatic nitrogens is 2. The maximum absolute atomic E-state index is 5.57. The lowest BCUT2D eigenvalue weighted by Crippen LogP contribution is -2.04. The average Bonchev–Trinajstić information content (AvgIpc) is 2.25. The van der Waals surface area contributed by atoms with E-state index in [9.17, 15) is 0 Å². The van der Waals surface area contributed by atoms with Crippen molar-refractivity contribution in [3.63, 3.8) is 0 Å². The Bertz CT molecular complexity index is 315. The molecule has 0 saturated heterocycles. The molecule has 0 aliphatic heterocycles. The first-order chi connectivity index (χ1) is 7.15. The topological polar surface area (TPSA) is 51.8 Å². The van der Waals surface area contributed by atoms with Gasteiger partial charge in [0, 0.05) is 18.0 Å². The molecule has 3 nitrogen and oxygen atoms in total. The second kappa shape index (κ2) is 6.08. The molecule has 0 radical (unpaired) electrons. The van der Waals surface area contributed by atoms with Gasteiger partial charge in [-0.05, 0) is 18.9 Å². The lowest BCUT2D eigenvalue weighted by Gasteiger charge is -2.07. The summed E-state index contributed by atoms with van der Waals surface area (Å²) in [5.74, 6) is 1.78. The molecule has 0 fully saturated rings. The Labute approximate surface area is 95.9 Å². The molecule has 0 aromatic carbocycles. The maximum Gasteiger partial charge on any atom is 0.188 e. The zero-order chi connectivity index (χ0) is 11.3. The van der Waals surface area contributed by atoms with Crippen LogP contribution >= 0.6 is 11.8 Å². The summed E-state index contributed by atoms with van der Waals surface area (Å²) in [6.07, 6.45) is 1.20. The van der Waals surface area contributed by atoms with Crippen LogP contribution in [0.15, 0.2) is 11.2 Å². The van der Waals surface area contributed by atoms with Crippen LogP contribution in [0.1, 0.15) is 31.7 Å². The Hall–Kier alpha value is -0.610. The van der Waals surface area contributed by atoms with Crippen molar-refractivity contribution in [2.24, 2.45) is 11.7 Å². The number of nitrogens with two attached hydrogens (primary N) is 1. The van der Waals surface area contributed by atoms with Crippen molar-refractivity contribution in [1.82, 2.24) is 9.97 Å². The van der Waals surface area contributed by atoms with E-state index in [4.69, 9.17) is 5.73 Å². The fourth-order valence-corrected chi connectivity index (χ4v) is 2.17. The van der Waals surface area contributed by atoms with Gasteiger partial charge in [-0.2, -0.15) is 0 Å². The van der Waals surface area contributed by atoms with Crippen LogP contribution in [0.5, 0.6) is 0 Å². The monoisotopic (exact) mass is 225 g/mol. The summed E-state index contributed by atoms with van der Waals surface area (Å²) >= 11 is 1.72. The molecule has 1 unspecified atom stereocenters. The van der Waals surface area contributed by atoms with E-state index in [0.717, 1.165) is 22.3 Å². The van der Waals surface area contributed by atoms with Gasteiger partial charge >= 0.3 is 0 Å². The zero-order valence-corrected chi connectivity index (χ0v) is 10.5. The van der Waals surface area contributed by atoms with Crippen molar-refractivity contribution in [1.29, 1.82) is 0 Å². The Balaban J connectivity index is 2.64. The molecule has 1 rings (SSSR count). The highest BCUT2D eigenvalue weighted by Gasteiger charge is 2.04. The van der Waals surface area contributed by atoms with E-state index in [0.29, 0.717) is 12.5 Å². The first-order valence-corrected chi connectivity index (χ1v) is 6.31. The van der Waals surface area contributed by atoms with Crippen molar-refractivity contribution in [3.8, 4) is 0 Å². The van der Waals surface area contributed by atoms with Gasteiger partial charge in [-0.1, -0.05) is 32.0 Å². The summed E-state index contributed by atoms with van der Waals surface area (Å²) in [5.41, 5.74) is 7.49. The average molecular weight is 225 g/mol. The minimum Gasteiger partial charge on any atom is -0.325 e. The molecule has 0 spiro atoms. The summed E-state index contributed by atoms with van der Waals surface area (Å²) in [7, 11) is 0. The SMILES string of the molecule is CCC(C)CSc1nc(C)cc(CN)n1. The van der Waals surface area contributed by atoms with Crippen molar-refractivity contribution in [3.05, 3.63) is 17.5 Å². The maximum atomic E-state index is 5.57. The van der Waals surface area contributed by atoms with E-state index in [-0.39, 0.29) is 0 Å². The third kappa shape index (κ3) is 4.18. The van der Waals surface area contributed by atoms with Crippen molar-refractivity contribution in [2.45, 2.75) is 38.9 Å². The number of hydrogen-bond donors (Lipinski definition) is 1. The van der Waals surface area contributed by atoms with Crippen LogP contribution in [0.2, 0.25) is 0 Å². The molecule has 84 valence electrons. The Morgan fingerprint density at radius 1 is 1.47 bits per heavy atom. The Kier molecular flexibility index (Phi) is 5.05. The molecule has 1 aromatic rings. The summed E-state index contributed by atoms with van der Waals surface area (Å²) < 4.78 is 0. The molecule has 0 bridgehead atoms. The number of aryl methyl sites for hydroxylation is 1.